The summed E-state index contributed by atoms with van der Waals surface area (Å²) in [6, 6.07) is 0. The third-order valence-corrected chi connectivity index (χ3v) is 5.49. The maximum Gasteiger partial charge on any atom is 0.306 e. The van der Waals surface area contributed by atoms with E-state index in [2.05, 4.69) is 34.6 Å². The SMILES string of the molecule is CC(C)CCCC(C)CCCC(C)CCCC(C)CC(=O)OC(CO)CO. The minimum Gasteiger partial charge on any atom is -0.457 e. The van der Waals surface area contributed by atoms with Crippen LogP contribution in [0.5, 0.6) is 0 Å². The molecule has 4 heteroatoms. The van der Waals surface area contributed by atoms with Crippen molar-refractivity contribution < 1.29 is 19.7 Å². The van der Waals surface area contributed by atoms with E-state index in [4.69, 9.17) is 14.9 Å². The average Bonchev–Trinajstić information content (AvgIpc) is 2.59. The molecule has 0 amide bonds. The van der Waals surface area contributed by atoms with Crippen LogP contribution in [0.3, 0.4) is 0 Å². The van der Waals surface area contributed by atoms with Gasteiger partial charge in [-0.3, -0.25) is 4.79 Å². The van der Waals surface area contributed by atoms with E-state index in [1.165, 1.54) is 44.9 Å². The van der Waals surface area contributed by atoms with Crippen LogP contribution in [-0.4, -0.2) is 35.5 Å². The smallest absolute Gasteiger partial charge is 0.306 e. The summed E-state index contributed by atoms with van der Waals surface area (Å²) in [6.07, 6.45) is 11.0. The van der Waals surface area contributed by atoms with Gasteiger partial charge in [0, 0.05) is 6.42 Å². The van der Waals surface area contributed by atoms with Crippen LogP contribution >= 0.6 is 0 Å². The van der Waals surface area contributed by atoms with E-state index in [0.29, 0.717) is 6.42 Å². The van der Waals surface area contributed by atoms with Crippen LogP contribution in [0.2, 0.25) is 0 Å². The van der Waals surface area contributed by atoms with E-state index in [9.17, 15) is 4.79 Å². The Morgan fingerprint density at radius 1 is 0.704 bits per heavy atom. The molecule has 0 aliphatic heterocycles. The summed E-state index contributed by atoms with van der Waals surface area (Å²) in [5.74, 6) is 2.38. The van der Waals surface area contributed by atoms with Crippen LogP contribution in [-0.2, 0) is 9.53 Å². The molecule has 162 valence electrons. The van der Waals surface area contributed by atoms with Crippen LogP contribution in [0.4, 0.5) is 0 Å². The minimum atomic E-state index is -0.780. The van der Waals surface area contributed by atoms with Crippen molar-refractivity contribution in [2.75, 3.05) is 13.2 Å². The van der Waals surface area contributed by atoms with Crippen molar-refractivity contribution in [2.45, 2.75) is 105 Å². The highest BCUT2D eigenvalue weighted by atomic mass is 16.6. The summed E-state index contributed by atoms with van der Waals surface area (Å²) < 4.78 is 5.02. The molecular weight excluding hydrogens is 340 g/mol. The van der Waals surface area contributed by atoms with Crippen molar-refractivity contribution in [3.8, 4) is 0 Å². The van der Waals surface area contributed by atoms with Gasteiger partial charge in [0.05, 0.1) is 13.2 Å². The Balaban J connectivity index is 3.72. The Morgan fingerprint density at radius 2 is 1.11 bits per heavy atom. The summed E-state index contributed by atoms with van der Waals surface area (Å²) in [4.78, 5) is 11.8. The molecular formula is C23H46O4. The molecule has 0 heterocycles. The molecule has 0 aliphatic carbocycles. The molecule has 0 spiro atoms. The number of hydrogen-bond acceptors (Lipinski definition) is 4. The van der Waals surface area contributed by atoms with E-state index in [1.807, 2.05) is 0 Å². The van der Waals surface area contributed by atoms with Crippen molar-refractivity contribution in [3.63, 3.8) is 0 Å². The summed E-state index contributed by atoms with van der Waals surface area (Å²) >= 11 is 0. The van der Waals surface area contributed by atoms with Gasteiger partial charge in [-0.15, -0.1) is 0 Å². The Labute approximate surface area is 168 Å². The molecule has 0 saturated heterocycles. The lowest BCUT2D eigenvalue weighted by Gasteiger charge is -2.17. The number of esters is 1. The number of aliphatic hydroxyl groups is 2. The Kier molecular flexibility index (Phi) is 16.0. The summed E-state index contributed by atoms with van der Waals surface area (Å²) in [5, 5.41) is 17.9. The zero-order valence-corrected chi connectivity index (χ0v) is 18.6. The largest absolute Gasteiger partial charge is 0.457 e. The zero-order valence-electron chi connectivity index (χ0n) is 18.6. The molecule has 0 bridgehead atoms. The van der Waals surface area contributed by atoms with Crippen molar-refractivity contribution in [1.29, 1.82) is 0 Å². The second kappa shape index (κ2) is 16.4. The number of aliphatic hydroxyl groups excluding tert-OH is 2. The zero-order chi connectivity index (χ0) is 20.7. The number of rotatable bonds is 17. The minimum absolute atomic E-state index is 0.281. The lowest BCUT2D eigenvalue weighted by atomic mass is 9.91. The van der Waals surface area contributed by atoms with Gasteiger partial charge in [-0.05, 0) is 23.7 Å². The molecule has 3 unspecified atom stereocenters. The molecule has 0 fully saturated rings. The molecule has 0 radical (unpaired) electrons. The summed E-state index contributed by atoms with van der Waals surface area (Å²) in [6.45, 7) is 10.8. The first-order chi connectivity index (χ1) is 12.8. The Bertz CT molecular complexity index is 352. The van der Waals surface area contributed by atoms with Crippen molar-refractivity contribution in [3.05, 3.63) is 0 Å². The normalized spacial score (nSPS) is 15.1. The fourth-order valence-corrected chi connectivity index (χ4v) is 3.55. The summed E-state index contributed by atoms with van der Waals surface area (Å²) in [7, 11) is 0. The Hall–Kier alpha value is -0.610. The second-order valence-corrected chi connectivity index (χ2v) is 9.18. The fraction of sp³-hybridized carbons (Fsp3) is 0.957. The van der Waals surface area contributed by atoms with Gasteiger partial charge in [-0.2, -0.15) is 0 Å². The van der Waals surface area contributed by atoms with Crippen molar-refractivity contribution >= 4 is 5.97 Å². The predicted octanol–water partition coefficient (Wildman–Crippen LogP) is 5.35. The molecule has 2 N–H and O–H groups in total. The van der Waals surface area contributed by atoms with Crippen LogP contribution in [0.15, 0.2) is 0 Å². The lowest BCUT2D eigenvalue weighted by Crippen LogP contribution is -2.26. The molecule has 0 aromatic rings. The van der Waals surface area contributed by atoms with E-state index < -0.39 is 6.10 Å². The van der Waals surface area contributed by atoms with Gasteiger partial charge >= 0.3 is 5.97 Å². The topological polar surface area (TPSA) is 66.8 Å². The van der Waals surface area contributed by atoms with Gasteiger partial charge in [-0.25, -0.2) is 0 Å². The molecule has 0 aromatic carbocycles. The molecule has 0 saturated carbocycles. The third-order valence-electron chi connectivity index (χ3n) is 5.49. The van der Waals surface area contributed by atoms with Crippen LogP contribution in [0, 0.1) is 23.7 Å². The van der Waals surface area contributed by atoms with E-state index in [1.54, 1.807) is 0 Å². The summed E-state index contributed by atoms with van der Waals surface area (Å²) in [5.41, 5.74) is 0. The van der Waals surface area contributed by atoms with Crippen LogP contribution in [0.25, 0.3) is 0 Å². The van der Waals surface area contributed by atoms with Crippen molar-refractivity contribution in [2.24, 2.45) is 23.7 Å². The van der Waals surface area contributed by atoms with Gasteiger partial charge in [0.2, 0.25) is 0 Å². The molecule has 3 atom stereocenters. The van der Waals surface area contributed by atoms with Gasteiger partial charge in [0.1, 0.15) is 6.10 Å². The Morgan fingerprint density at radius 3 is 1.52 bits per heavy atom. The highest BCUT2D eigenvalue weighted by molar-refractivity contribution is 5.69. The second-order valence-electron chi connectivity index (χ2n) is 9.18. The van der Waals surface area contributed by atoms with Crippen LogP contribution in [0.1, 0.15) is 98.8 Å². The molecule has 0 aromatic heterocycles. The quantitative estimate of drug-likeness (QED) is 0.331. The maximum atomic E-state index is 11.8. The molecule has 0 rings (SSSR count). The van der Waals surface area contributed by atoms with E-state index in [0.717, 1.165) is 30.6 Å². The lowest BCUT2D eigenvalue weighted by molar-refractivity contribution is -0.154. The first kappa shape index (κ1) is 26.4. The highest BCUT2D eigenvalue weighted by Gasteiger charge is 2.16. The first-order valence-corrected chi connectivity index (χ1v) is 11.2. The van der Waals surface area contributed by atoms with E-state index >= 15 is 0 Å². The number of hydrogen-bond donors (Lipinski definition) is 2. The van der Waals surface area contributed by atoms with Gasteiger partial charge in [-0.1, -0.05) is 92.4 Å². The van der Waals surface area contributed by atoms with Gasteiger partial charge in [0.25, 0.3) is 0 Å². The van der Waals surface area contributed by atoms with Crippen LogP contribution < -0.4 is 0 Å². The monoisotopic (exact) mass is 386 g/mol. The highest BCUT2D eigenvalue weighted by Crippen LogP contribution is 2.22. The van der Waals surface area contributed by atoms with Crippen molar-refractivity contribution in [1.82, 2.24) is 0 Å². The standard InChI is InChI=1S/C23H46O4/c1-18(2)9-6-10-19(3)11-7-12-20(4)13-8-14-21(5)15-23(26)27-22(16-24)17-25/h18-22,24-25H,6-17H2,1-5H3. The third kappa shape index (κ3) is 16.1. The average molecular weight is 387 g/mol. The molecule has 4 nitrogen and oxygen atoms in total. The first-order valence-electron chi connectivity index (χ1n) is 11.2. The number of carbonyl (C=O) groups excluding carboxylic acids is 1. The number of carbonyl (C=O) groups is 1. The molecule has 27 heavy (non-hydrogen) atoms. The molecule has 0 aliphatic rings. The van der Waals surface area contributed by atoms with E-state index in [-0.39, 0.29) is 25.1 Å². The maximum absolute atomic E-state index is 11.8. The van der Waals surface area contributed by atoms with Gasteiger partial charge < -0.3 is 14.9 Å². The fourth-order valence-electron chi connectivity index (χ4n) is 3.55. The van der Waals surface area contributed by atoms with Gasteiger partial charge in [0.15, 0.2) is 0 Å². The number of ether oxygens (including phenoxy) is 1. The predicted molar refractivity (Wildman–Crippen MR) is 113 cm³/mol.